The van der Waals surface area contributed by atoms with Gasteiger partial charge in [0.1, 0.15) is 17.5 Å². The number of H-pyrrole nitrogens is 1. The summed E-state index contributed by atoms with van der Waals surface area (Å²) in [5.41, 5.74) is 1.07. The Morgan fingerprint density at radius 2 is 2.39 bits per heavy atom. The average molecular weight is 242 g/mol. The number of aromatic amines is 1. The number of amides is 1. The Bertz CT molecular complexity index is 599. The van der Waals surface area contributed by atoms with Crippen LogP contribution in [0.4, 0.5) is 5.69 Å². The van der Waals surface area contributed by atoms with Crippen molar-refractivity contribution in [2.24, 2.45) is 0 Å². The minimum Gasteiger partial charge on any atom is -0.495 e. The minimum atomic E-state index is -0.357. The number of carbonyl (C=O) groups is 1. The highest BCUT2D eigenvalue weighted by Crippen LogP contribution is 2.28. The number of nitrogens with zero attached hydrogens (tertiary/aromatic N) is 2. The van der Waals surface area contributed by atoms with Gasteiger partial charge in [-0.25, -0.2) is 0 Å². The zero-order valence-electron chi connectivity index (χ0n) is 9.60. The van der Waals surface area contributed by atoms with Gasteiger partial charge in [0.25, 0.3) is 5.91 Å². The summed E-state index contributed by atoms with van der Waals surface area (Å²) in [5.74, 6) is 0.0793. The van der Waals surface area contributed by atoms with Gasteiger partial charge in [0.2, 0.25) is 0 Å². The molecule has 1 heterocycles. The number of aromatic nitrogens is 2. The van der Waals surface area contributed by atoms with Crippen LogP contribution in [-0.4, -0.2) is 23.2 Å². The molecule has 18 heavy (non-hydrogen) atoms. The Morgan fingerprint density at radius 3 is 3.00 bits per heavy atom. The van der Waals surface area contributed by atoms with Crippen molar-refractivity contribution in [1.82, 2.24) is 10.2 Å². The maximum Gasteiger partial charge on any atom is 0.258 e. The molecule has 0 aliphatic heterocycles. The van der Waals surface area contributed by atoms with Crippen molar-refractivity contribution in [3.8, 4) is 11.8 Å². The molecule has 2 rings (SSSR count). The number of rotatable bonds is 3. The SMILES string of the molecule is COc1cccc(C#N)c1NC(=O)c1cn[nH]c1. The van der Waals surface area contributed by atoms with Crippen LogP contribution in [0.15, 0.2) is 30.6 Å². The van der Waals surface area contributed by atoms with E-state index >= 15 is 0 Å². The number of nitriles is 1. The Hall–Kier alpha value is -2.81. The van der Waals surface area contributed by atoms with E-state index in [-0.39, 0.29) is 5.91 Å². The topological polar surface area (TPSA) is 90.8 Å². The second-order valence-electron chi connectivity index (χ2n) is 3.44. The summed E-state index contributed by atoms with van der Waals surface area (Å²) in [4.78, 5) is 11.9. The minimum absolute atomic E-state index is 0.339. The van der Waals surface area contributed by atoms with E-state index in [4.69, 9.17) is 10.00 Å². The first kappa shape index (κ1) is 11.7. The van der Waals surface area contributed by atoms with Crippen LogP contribution in [-0.2, 0) is 0 Å². The molecular formula is C12H10N4O2. The first-order valence-corrected chi connectivity index (χ1v) is 5.13. The van der Waals surface area contributed by atoms with Crippen LogP contribution < -0.4 is 10.1 Å². The Labute approximate surface area is 103 Å². The highest BCUT2D eigenvalue weighted by atomic mass is 16.5. The van der Waals surface area contributed by atoms with Gasteiger partial charge in [-0.05, 0) is 12.1 Å². The average Bonchev–Trinajstić information content (AvgIpc) is 2.93. The number of carbonyl (C=O) groups excluding carboxylic acids is 1. The predicted octanol–water partition coefficient (Wildman–Crippen LogP) is 1.54. The van der Waals surface area contributed by atoms with Crippen molar-refractivity contribution in [1.29, 1.82) is 5.26 Å². The summed E-state index contributed by atoms with van der Waals surface area (Å²) >= 11 is 0. The Balaban J connectivity index is 2.34. The summed E-state index contributed by atoms with van der Waals surface area (Å²) in [6.45, 7) is 0. The second kappa shape index (κ2) is 5.01. The molecule has 6 heteroatoms. The number of nitrogens with one attached hydrogen (secondary N) is 2. The molecule has 0 atom stereocenters. The number of methoxy groups -OCH3 is 1. The number of hydrogen-bond acceptors (Lipinski definition) is 4. The van der Waals surface area contributed by atoms with E-state index in [1.807, 2.05) is 6.07 Å². The van der Waals surface area contributed by atoms with Crippen molar-refractivity contribution in [3.05, 3.63) is 41.7 Å². The van der Waals surface area contributed by atoms with Gasteiger partial charge < -0.3 is 10.1 Å². The molecule has 90 valence electrons. The van der Waals surface area contributed by atoms with Crippen molar-refractivity contribution in [3.63, 3.8) is 0 Å². The van der Waals surface area contributed by atoms with E-state index in [0.29, 0.717) is 22.6 Å². The normalized spacial score (nSPS) is 9.56. The Kier molecular flexibility index (Phi) is 3.25. The molecule has 0 aliphatic rings. The van der Waals surface area contributed by atoms with E-state index in [1.165, 1.54) is 19.5 Å². The molecule has 2 N–H and O–H groups in total. The number of hydrogen-bond donors (Lipinski definition) is 2. The molecule has 0 aliphatic carbocycles. The van der Waals surface area contributed by atoms with Gasteiger partial charge in [-0.15, -0.1) is 0 Å². The van der Waals surface area contributed by atoms with Gasteiger partial charge in [0.15, 0.2) is 0 Å². The van der Waals surface area contributed by atoms with Crippen molar-refractivity contribution < 1.29 is 9.53 Å². The first-order chi connectivity index (χ1) is 8.76. The largest absolute Gasteiger partial charge is 0.495 e. The highest BCUT2D eigenvalue weighted by molar-refractivity contribution is 6.05. The lowest BCUT2D eigenvalue weighted by molar-refractivity contribution is 0.102. The molecule has 0 unspecified atom stereocenters. The molecule has 0 radical (unpaired) electrons. The molecule has 6 nitrogen and oxygen atoms in total. The molecular weight excluding hydrogens is 232 g/mol. The van der Waals surface area contributed by atoms with Crippen LogP contribution in [0.2, 0.25) is 0 Å². The molecule has 0 saturated heterocycles. The fraction of sp³-hybridized carbons (Fsp3) is 0.0833. The highest BCUT2D eigenvalue weighted by Gasteiger charge is 2.14. The van der Waals surface area contributed by atoms with Crippen LogP contribution in [0.1, 0.15) is 15.9 Å². The van der Waals surface area contributed by atoms with Crippen LogP contribution in [0.3, 0.4) is 0 Å². The van der Waals surface area contributed by atoms with Crippen LogP contribution in [0.5, 0.6) is 5.75 Å². The zero-order valence-corrected chi connectivity index (χ0v) is 9.60. The monoisotopic (exact) mass is 242 g/mol. The van der Waals surface area contributed by atoms with Gasteiger partial charge in [0, 0.05) is 6.20 Å². The van der Waals surface area contributed by atoms with Crippen LogP contribution in [0, 0.1) is 11.3 Å². The molecule has 0 bridgehead atoms. The molecule has 0 spiro atoms. The number of benzene rings is 1. The van der Waals surface area contributed by atoms with E-state index in [9.17, 15) is 4.79 Å². The first-order valence-electron chi connectivity index (χ1n) is 5.13. The van der Waals surface area contributed by atoms with E-state index in [2.05, 4.69) is 15.5 Å². The fourth-order valence-electron chi connectivity index (χ4n) is 1.48. The van der Waals surface area contributed by atoms with E-state index in [0.717, 1.165) is 0 Å². The summed E-state index contributed by atoms with van der Waals surface area (Å²) in [5, 5.41) is 17.9. The molecule has 0 fully saturated rings. The standard InChI is InChI=1S/C12H10N4O2/c1-18-10-4-2-3-8(5-13)11(10)16-12(17)9-6-14-15-7-9/h2-4,6-7H,1H3,(H,14,15)(H,16,17). The lowest BCUT2D eigenvalue weighted by Crippen LogP contribution is -2.13. The zero-order chi connectivity index (χ0) is 13.0. The van der Waals surface area contributed by atoms with Gasteiger partial charge in [0.05, 0.1) is 24.4 Å². The smallest absolute Gasteiger partial charge is 0.258 e. The molecule has 1 aromatic carbocycles. The molecule has 1 amide bonds. The number of anilines is 1. The quantitative estimate of drug-likeness (QED) is 0.854. The second-order valence-corrected chi connectivity index (χ2v) is 3.44. The fourth-order valence-corrected chi connectivity index (χ4v) is 1.48. The maximum absolute atomic E-state index is 11.9. The van der Waals surface area contributed by atoms with Gasteiger partial charge in [-0.2, -0.15) is 10.4 Å². The van der Waals surface area contributed by atoms with Gasteiger partial charge in [-0.3, -0.25) is 9.89 Å². The molecule has 0 saturated carbocycles. The third kappa shape index (κ3) is 2.15. The van der Waals surface area contributed by atoms with Gasteiger partial charge >= 0.3 is 0 Å². The summed E-state index contributed by atoms with van der Waals surface area (Å²) < 4.78 is 5.12. The lowest BCUT2D eigenvalue weighted by atomic mass is 10.1. The number of ether oxygens (including phenoxy) is 1. The number of para-hydroxylation sites is 1. The summed E-state index contributed by atoms with van der Waals surface area (Å²) in [6.07, 6.45) is 2.87. The van der Waals surface area contributed by atoms with Crippen LogP contribution in [0.25, 0.3) is 0 Å². The van der Waals surface area contributed by atoms with E-state index < -0.39 is 0 Å². The van der Waals surface area contributed by atoms with Crippen LogP contribution >= 0.6 is 0 Å². The third-order valence-corrected chi connectivity index (χ3v) is 2.37. The Morgan fingerprint density at radius 1 is 1.56 bits per heavy atom. The predicted molar refractivity (Wildman–Crippen MR) is 64.2 cm³/mol. The third-order valence-electron chi connectivity index (χ3n) is 2.37. The van der Waals surface area contributed by atoms with Crippen molar-refractivity contribution >= 4 is 11.6 Å². The summed E-state index contributed by atoms with van der Waals surface area (Å²) in [7, 11) is 1.48. The van der Waals surface area contributed by atoms with Crippen molar-refractivity contribution in [2.45, 2.75) is 0 Å². The lowest BCUT2D eigenvalue weighted by Gasteiger charge is -2.10. The molecule has 1 aromatic heterocycles. The van der Waals surface area contributed by atoms with E-state index in [1.54, 1.807) is 18.2 Å². The van der Waals surface area contributed by atoms with Crippen molar-refractivity contribution in [2.75, 3.05) is 12.4 Å². The summed E-state index contributed by atoms with van der Waals surface area (Å²) in [6, 6.07) is 6.97. The molecule has 2 aromatic rings. The van der Waals surface area contributed by atoms with Gasteiger partial charge in [-0.1, -0.05) is 6.07 Å². The maximum atomic E-state index is 11.9.